The predicted molar refractivity (Wildman–Crippen MR) is 111 cm³/mol. The minimum atomic E-state index is -0.491. The molecule has 9 heteroatoms. The van der Waals surface area contributed by atoms with Crippen LogP contribution in [0, 0.1) is 0 Å². The van der Waals surface area contributed by atoms with Crippen LogP contribution in [0.25, 0.3) is 0 Å². The number of hydrogen-bond donors (Lipinski definition) is 2. The van der Waals surface area contributed by atoms with Crippen molar-refractivity contribution >= 4 is 35.0 Å². The average molecular weight is 407 g/mol. The van der Waals surface area contributed by atoms with Gasteiger partial charge in [0.15, 0.2) is 5.11 Å². The number of methoxy groups -OCH3 is 1. The van der Waals surface area contributed by atoms with Gasteiger partial charge in [-0.1, -0.05) is 12.1 Å². The molecule has 0 radical (unpaired) electrons. The van der Waals surface area contributed by atoms with Crippen LogP contribution < -0.4 is 10.6 Å². The number of amides is 2. The van der Waals surface area contributed by atoms with E-state index in [1.807, 2.05) is 25.1 Å². The molecular formula is C19H26N4O4S. The molecular weight excluding hydrogens is 380 g/mol. The zero-order valence-electron chi connectivity index (χ0n) is 16.7. The van der Waals surface area contributed by atoms with Gasteiger partial charge in [-0.05, 0) is 36.8 Å². The van der Waals surface area contributed by atoms with E-state index in [0.717, 1.165) is 5.56 Å². The monoisotopic (exact) mass is 406 g/mol. The molecule has 0 saturated heterocycles. The van der Waals surface area contributed by atoms with Crippen LogP contribution in [0.15, 0.2) is 35.5 Å². The summed E-state index contributed by atoms with van der Waals surface area (Å²) < 4.78 is 10.3. The smallest absolute Gasteiger partial charge is 0.338 e. The van der Waals surface area contributed by atoms with Crippen molar-refractivity contribution in [1.82, 2.24) is 15.1 Å². The molecule has 1 aromatic rings. The SMILES string of the molecule is COCCOC(=O)C1=C(C)N(C)C(=S)NC1c1cccc(NC(=O)N(C)C)c1. The molecule has 0 spiro atoms. The van der Waals surface area contributed by atoms with Gasteiger partial charge in [-0.15, -0.1) is 0 Å². The number of benzene rings is 1. The van der Waals surface area contributed by atoms with Gasteiger partial charge in [0.1, 0.15) is 6.61 Å². The summed E-state index contributed by atoms with van der Waals surface area (Å²) in [5.74, 6) is -0.441. The lowest BCUT2D eigenvalue weighted by Crippen LogP contribution is -2.46. The van der Waals surface area contributed by atoms with Gasteiger partial charge in [0.25, 0.3) is 0 Å². The first-order valence-corrected chi connectivity index (χ1v) is 9.16. The van der Waals surface area contributed by atoms with Crippen LogP contribution in [0.3, 0.4) is 0 Å². The number of ether oxygens (including phenoxy) is 2. The first-order chi connectivity index (χ1) is 13.3. The number of thiocarbonyl (C=S) groups is 1. The van der Waals surface area contributed by atoms with Gasteiger partial charge in [0, 0.05) is 39.6 Å². The Balaban J connectivity index is 2.36. The van der Waals surface area contributed by atoms with Crippen molar-refractivity contribution in [3.8, 4) is 0 Å². The van der Waals surface area contributed by atoms with E-state index in [9.17, 15) is 9.59 Å². The maximum Gasteiger partial charge on any atom is 0.338 e. The first kappa shape index (κ1) is 21.6. The summed E-state index contributed by atoms with van der Waals surface area (Å²) in [5.41, 5.74) is 2.57. The molecule has 1 aromatic carbocycles. The van der Waals surface area contributed by atoms with Gasteiger partial charge in [-0.2, -0.15) is 0 Å². The molecule has 28 heavy (non-hydrogen) atoms. The van der Waals surface area contributed by atoms with Crippen LogP contribution in [0.1, 0.15) is 18.5 Å². The van der Waals surface area contributed by atoms with Crippen molar-refractivity contribution in [1.29, 1.82) is 0 Å². The van der Waals surface area contributed by atoms with Crippen molar-refractivity contribution in [2.75, 3.05) is 46.8 Å². The average Bonchev–Trinajstić information content (AvgIpc) is 2.66. The molecule has 0 fully saturated rings. The lowest BCUT2D eigenvalue weighted by molar-refractivity contribution is -0.140. The number of anilines is 1. The molecule has 152 valence electrons. The number of carbonyl (C=O) groups excluding carboxylic acids is 2. The summed E-state index contributed by atoms with van der Waals surface area (Å²) >= 11 is 5.40. The maximum atomic E-state index is 12.7. The Bertz CT molecular complexity index is 794. The van der Waals surface area contributed by atoms with Gasteiger partial charge in [0.2, 0.25) is 0 Å². The second-order valence-corrected chi connectivity index (χ2v) is 6.91. The topological polar surface area (TPSA) is 83.1 Å². The van der Waals surface area contributed by atoms with E-state index in [2.05, 4.69) is 10.6 Å². The Morgan fingerprint density at radius 3 is 2.68 bits per heavy atom. The van der Waals surface area contributed by atoms with Gasteiger partial charge in [-0.3, -0.25) is 0 Å². The lowest BCUT2D eigenvalue weighted by Gasteiger charge is -2.35. The van der Waals surface area contributed by atoms with Crippen molar-refractivity contribution in [3.63, 3.8) is 0 Å². The molecule has 0 aromatic heterocycles. The third kappa shape index (κ3) is 4.99. The largest absolute Gasteiger partial charge is 0.460 e. The van der Waals surface area contributed by atoms with Crippen molar-refractivity contribution in [3.05, 3.63) is 41.1 Å². The number of nitrogens with one attached hydrogen (secondary N) is 2. The van der Waals surface area contributed by atoms with Crippen molar-refractivity contribution in [2.24, 2.45) is 0 Å². The van der Waals surface area contributed by atoms with E-state index in [0.29, 0.717) is 28.7 Å². The number of urea groups is 1. The number of hydrogen-bond acceptors (Lipinski definition) is 5. The second-order valence-electron chi connectivity index (χ2n) is 6.52. The molecule has 1 aliphatic rings. The summed E-state index contributed by atoms with van der Waals surface area (Å²) in [5, 5.41) is 6.49. The third-order valence-corrected chi connectivity index (χ3v) is 4.76. The van der Waals surface area contributed by atoms with E-state index in [1.54, 1.807) is 39.2 Å². The van der Waals surface area contributed by atoms with E-state index in [1.165, 1.54) is 4.90 Å². The van der Waals surface area contributed by atoms with Crippen LogP contribution in [0.4, 0.5) is 10.5 Å². The first-order valence-electron chi connectivity index (χ1n) is 8.75. The van der Waals surface area contributed by atoms with E-state index in [4.69, 9.17) is 21.7 Å². The zero-order chi connectivity index (χ0) is 20.8. The Labute approximate surface area is 170 Å². The molecule has 1 heterocycles. The van der Waals surface area contributed by atoms with Gasteiger partial charge in [-0.25, -0.2) is 9.59 Å². The highest BCUT2D eigenvalue weighted by Gasteiger charge is 2.33. The molecule has 1 atom stereocenters. The van der Waals surface area contributed by atoms with Crippen molar-refractivity contribution < 1.29 is 19.1 Å². The van der Waals surface area contributed by atoms with Crippen LogP contribution in [0.2, 0.25) is 0 Å². The molecule has 0 bridgehead atoms. The van der Waals surface area contributed by atoms with Gasteiger partial charge >= 0.3 is 12.0 Å². The highest BCUT2D eigenvalue weighted by molar-refractivity contribution is 7.80. The molecule has 0 saturated carbocycles. The number of allylic oxidation sites excluding steroid dienone is 1. The quantitative estimate of drug-likeness (QED) is 0.425. The van der Waals surface area contributed by atoms with Crippen molar-refractivity contribution in [2.45, 2.75) is 13.0 Å². The summed E-state index contributed by atoms with van der Waals surface area (Å²) in [7, 11) is 6.66. The number of rotatable bonds is 6. The van der Waals surface area contributed by atoms with Crippen LogP contribution in [0.5, 0.6) is 0 Å². The fourth-order valence-corrected chi connectivity index (χ4v) is 2.93. The predicted octanol–water partition coefficient (Wildman–Crippen LogP) is 2.10. The van der Waals surface area contributed by atoms with E-state index in [-0.39, 0.29) is 12.6 Å². The summed E-state index contributed by atoms with van der Waals surface area (Å²) in [6, 6.07) is 6.54. The molecule has 2 N–H and O–H groups in total. The molecule has 1 unspecified atom stereocenters. The lowest BCUT2D eigenvalue weighted by atomic mass is 9.95. The van der Waals surface area contributed by atoms with Gasteiger partial charge in [0.05, 0.1) is 18.2 Å². The molecule has 2 rings (SSSR count). The minimum absolute atomic E-state index is 0.159. The maximum absolute atomic E-state index is 12.7. The van der Waals surface area contributed by atoms with Crippen LogP contribution >= 0.6 is 12.2 Å². The Morgan fingerprint density at radius 1 is 1.32 bits per heavy atom. The molecule has 8 nitrogen and oxygen atoms in total. The minimum Gasteiger partial charge on any atom is -0.460 e. The molecule has 2 amide bonds. The fraction of sp³-hybridized carbons (Fsp3) is 0.421. The summed E-state index contributed by atoms with van der Waals surface area (Å²) in [6.07, 6.45) is 0. The second kappa shape index (κ2) is 9.52. The Morgan fingerprint density at radius 2 is 2.04 bits per heavy atom. The normalized spacial score (nSPS) is 16.5. The molecule has 1 aliphatic heterocycles. The number of esters is 1. The zero-order valence-corrected chi connectivity index (χ0v) is 17.6. The third-order valence-electron chi connectivity index (χ3n) is 4.37. The number of carbonyl (C=O) groups is 2. The van der Waals surface area contributed by atoms with E-state index >= 15 is 0 Å². The molecule has 0 aliphatic carbocycles. The van der Waals surface area contributed by atoms with Gasteiger partial charge < -0.3 is 29.9 Å². The summed E-state index contributed by atoms with van der Waals surface area (Å²) in [6.45, 7) is 2.30. The van der Waals surface area contributed by atoms with Crippen LogP contribution in [-0.4, -0.2) is 68.4 Å². The Kier molecular flexibility index (Phi) is 7.36. The highest BCUT2D eigenvalue weighted by atomic mass is 32.1. The fourth-order valence-electron chi connectivity index (χ4n) is 2.68. The highest BCUT2D eigenvalue weighted by Crippen LogP contribution is 2.31. The Hall–Kier alpha value is -2.65. The van der Waals surface area contributed by atoms with E-state index < -0.39 is 12.0 Å². The summed E-state index contributed by atoms with van der Waals surface area (Å²) in [4.78, 5) is 27.9. The number of nitrogens with zero attached hydrogens (tertiary/aromatic N) is 2. The van der Waals surface area contributed by atoms with Crippen LogP contribution in [-0.2, 0) is 14.3 Å². The standard InChI is InChI=1S/C19H26N4O4S/c1-12-15(17(24)27-10-9-26-5)16(21-19(28)23(12)4)13-7-6-8-14(11-13)20-18(25)22(2)3/h6-8,11,16H,9-10H2,1-5H3,(H,20,25)(H,21,28).